The van der Waals surface area contributed by atoms with Crippen molar-refractivity contribution in [1.29, 1.82) is 0 Å². The molecule has 102 valence electrons. The van der Waals surface area contributed by atoms with E-state index in [-0.39, 0.29) is 5.91 Å². The third kappa shape index (κ3) is 2.83. The molecule has 1 amide bonds. The number of nitrogens with zero attached hydrogens (tertiary/aromatic N) is 1. The van der Waals surface area contributed by atoms with E-state index in [4.69, 9.17) is 0 Å². The molecule has 2 rings (SSSR count). The Balaban J connectivity index is 1.88. The quantitative estimate of drug-likeness (QED) is 0.737. The molecule has 0 aromatic heterocycles. The second-order valence-electron chi connectivity index (χ2n) is 5.56. The maximum atomic E-state index is 12.0. The van der Waals surface area contributed by atoms with Gasteiger partial charge in [-0.3, -0.25) is 9.59 Å². The number of likely N-dealkylation sites (tertiary alicyclic amines) is 1. The van der Waals surface area contributed by atoms with Crippen LogP contribution in [-0.4, -0.2) is 47.6 Å². The molecule has 18 heavy (non-hydrogen) atoms. The molecule has 0 aromatic rings. The van der Waals surface area contributed by atoms with Crippen molar-refractivity contribution in [3.63, 3.8) is 0 Å². The van der Waals surface area contributed by atoms with Crippen molar-refractivity contribution >= 4 is 11.9 Å². The van der Waals surface area contributed by atoms with Gasteiger partial charge in [-0.05, 0) is 25.7 Å². The van der Waals surface area contributed by atoms with Gasteiger partial charge in [-0.15, -0.1) is 0 Å². The summed E-state index contributed by atoms with van der Waals surface area (Å²) in [4.78, 5) is 25.1. The molecule has 1 saturated carbocycles. The Hall–Kier alpha value is -1.10. The van der Waals surface area contributed by atoms with Gasteiger partial charge in [0.25, 0.3) is 0 Å². The molecule has 5 heteroatoms. The fraction of sp³-hybridized carbons (Fsp3) is 0.846. The predicted molar refractivity (Wildman–Crippen MR) is 67.2 cm³/mol. The number of nitrogens with one attached hydrogen (secondary N) is 1. The van der Waals surface area contributed by atoms with Crippen LogP contribution in [0.5, 0.6) is 0 Å². The number of hydrogen-bond donors (Lipinski definition) is 2. The summed E-state index contributed by atoms with van der Waals surface area (Å²) in [6, 6.07) is 0.511. The van der Waals surface area contributed by atoms with E-state index in [9.17, 15) is 14.7 Å². The van der Waals surface area contributed by atoms with Crippen LogP contribution in [0.3, 0.4) is 0 Å². The summed E-state index contributed by atoms with van der Waals surface area (Å²) >= 11 is 0. The van der Waals surface area contributed by atoms with Crippen LogP contribution in [0.15, 0.2) is 0 Å². The van der Waals surface area contributed by atoms with Gasteiger partial charge < -0.3 is 15.3 Å². The number of hydrogen-bond acceptors (Lipinski definition) is 3. The largest absolute Gasteiger partial charge is 0.481 e. The highest BCUT2D eigenvalue weighted by Gasteiger charge is 2.45. The molecule has 5 nitrogen and oxygen atoms in total. The van der Waals surface area contributed by atoms with E-state index < -0.39 is 11.4 Å². The number of carboxylic acids is 1. The normalized spacial score (nSPS) is 27.5. The fourth-order valence-electron chi connectivity index (χ4n) is 2.68. The first kappa shape index (κ1) is 13.3. The molecule has 1 aliphatic heterocycles. The van der Waals surface area contributed by atoms with Crippen LogP contribution in [0.25, 0.3) is 0 Å². The molecule has 1 atom stereocenters. The molecule has 0 radical (unpaired) electrons. The van der Waals surface area contributed by atoms with E-state index in [2.05, 4.69) is 5.32 Å². The minimum Gasteiger partial charge on any atom is -0.481 e. The highest BCUT2D eigenvalue weighted by Crippen LogP contribution is 2.35. The molecule has 1 heterocycles. The molecule has 2 fully saturated rings. The Bertz CT molecular complexity index is 341. The van der Waals surface area contributed by atoms with E-state index in [0.29, 0.717) is 38.5 Å². The number of aliphatic carboxylic acids is 1. The maximum Gasteiger partial charge on any atom is 0.311 e. The van der Waals surface area contributed by atoms with Gasteiger partial charge in [0, 0.05) is 19.1 Å². The van der Waals surface area contributed by atoms with Gasteiger partial charge in [0.2, 0.25) is 5.91 Å². The Labute approximate surface area is 108 Å². The number of carbonyl (C=O) groups is 2. The maximum absolute atomic E-state index is 12.0. The van der Waals surface area contributed by atoms with Gasteiger partial charge in [0.05, 0.1) is 12.0 Å². The van der Waals surface area contributed by atoms with Crippen LogP contribution in [-0.2, 0) is 9.59 Å². The summed E-state index contributed by atoms with van der Waals surface area (Å²) < 4.78 is 0. The van der Waals surface area contributed by atoms with Gasteiger partial charge in [0.15, 0.2) is 0 Å². The number of carbonyl (C=O) groups excluding carboxylic acids is 1. The van der Waals surface area contributed by atoms with Crippen LogP contribution in [0.1, 0.15) is 39.0 Å². The monoisotopic (exact) mass is 254 g/mol. The van der Waals surface area contributed by atoms with Crippen LogP contribution in [0.4, 0.5) is 0 Å². The summed E-state index contributed by atoms with van der Waals surface area (Å²) in [6.07, 6.45) is 4.40. The van der Waals surface area contributed by atoms with Crippen LogP contribution in [0, 0.1) is 5.41 Å². The predicted octanol–water partition coefficient (Wildman–Crippen LogP) is 0.842. The van der Waals surface area contributed by atoms with Crippen LogP contribution >= 0.6 is 0 Å². The fourth-order valence-corrected chi connectivity index (χ4v) is 2.68. The van der Waals surface area contributed by atoms with Crippen molar-refractivity contribution in [3.8, 4) is 0 Å². The van der Waals surface area contributed by atoms with Gasteiger partial charge in [-0.2, -0.15) is 0 Å². The standard InChI is InChI=1S/C13H22N2O3/c1-2-5-13(12(17)18)6-7-15(9-13)11(16)8-14-10-3-4-10/h10,14H,2-9H2,1H3,(H,17,18). The second kappa shape index (κ2) is 5.26. The number of carboxylic acid groups (broad SMARTS) is 1. The van der Waals surface area contributed by atoms with Crippen molar-refractivity contribution in [2.24, 2.45) is 5.41 Å². The number of amides is 1. The average Bonchev–Trinajstić information content (AvgIpc) is 3.06. The second-order valence-corrected chi connectivity index (χ2v) is 5.56. The third-order valence-corrected chi connectivity index (χ3v) is 4.01. The Morgan fingerprint density at radius 1 is 1.44 bits per heavy atom. The topological polar surface area (TPSA) is 69.6 Å². The van der Waals surface area contributed by atoms with Gasteiger partial charge in [0.1, 0.15) is 0 Å². The van der Waals surface area contributed by atoms with Gasteiger partial charge in [-0.1, -0.05) is 13.3 Å². The zero-order chi connectivity index (χ0) is 13.2. The van der Waals surface area contributed by atoms with E-state index in [1.54, 1.807) is 4.90 Å². The molecule has 1 aliphatic carbocycles. The minimum absolute atomic E-state index is 0.0427. The molecule has 2 aliphatic rings. The van der Waals surface area contributed by atoms with Crippen molar-refractivity contribution < 1.29 is 14.7 Å². The summed E-state index contributed by atoms with van der Waals surface area (Å²) in [5.74, 6) is -0.712. The van der Waals surface area contributed by atoms with E-state index in [1.807, 2.05) is 6.92 Å². The molecule has 1 saturated heterocycles. The minimum atomic E-state index is -0.755. The molecule has 0 spiro atoms. The Morgan fingerprint density at radius 2 is 2.17 bits per heavy atom. The summed E-state index contributed by atoms with van der Waals surface area (Å²) in [7, 11) is 0. The lowest BCUT2D eigenvalue weighted by atomic mass is 9.83. The highest BCUT2D eigenvalue weighted by molar-refractivity contribution is 5.81. The molecular weight excluding hydrogens is 232 g/mol. The lowest BCUT2D eigenvalue weighted by molar-refractivity contribution is -0.149. The van der Waals surface area contributed by atoms with Crippen molar-refractivity contribution in [2.45, 2.75) is 45.1 Å². The Kier molecular flexibility index (Phi) is 3.90. The molecule has 0 bridgehead atoms. The van der Waals surface area contributed by atoms with Gasteiger partial charge in [-0.25, -0.2) is 0 Å². The summed E-state index contributed by atoms with van der Waals surface area (Å²) in [6.45, 7) is 3.30. The molecule has 2 N–H and O–H groups in total. The van der Waals surface area contributed by atoms with Crippen LogP contribution < -0.4 is 5.32 Å². The smallest absolute Gasteiger partial charge is 0.311 e. The zero-order valence-electron chi connectivity index (χ0n) is 10.9. The lowest BCUT2D eigenvalue weighted by Crippen LogP contribution is -2.40. The average molecular weight is 254 g/mol. The SMILES string of the molecule is CCCC1(C(=O)O)CCN(C(=O)CNC2CC2)C1. The van der Waals surface area contributed by atoms with Crippen molar-refractivity contribution in [2.75, 3.05) is 19.6 Å². The molecule has 1 unspecified atom stereocenters. The first-order chi connectivity index (χ1) is 8.57. The van der Waals surface area contributed by atoms with E-state index in [1.165, 1.54) is 0 Å². The highest BCUT2D eigenvalue weighted by atomic mass is 16.4. The van der Waals surface area contributed by atoms with E-state index in [0.717, 1.165) is 19.3 Å². The first-order valence-electron chi connectivity index (χ1n) is 6.82. The Morgan fingerprint density at radius 3 is 2.72 bits per heavy atom. The summed E-state index contributed by atoms with van der Waals surface area (Å²) in [5.41, 5.74) is -0.704. The zero-order valence-corrected chi connectivity index (χ0v) is 10.9. The number of rotatable bonds is 6. The first-order valence-corrected chi connectivity index (χ1v) is 6.82. The molecular formula is C13H22N2O3. The van der Waals surface area contributed by atoms with Gasteiger partial charge >= 0.3 is 5.97 Å². The van der Waals surface area contributed by atoms with E-state index >= 15 is 0 Å². The summed E-state index contributed by atoms with van der Waals surface area (Å²) in [5, 5.41) is 12.6. The lowest BCUT2D eigenvalue weighted by Gasteiger charge is -2.24. The van der Waals surface area contributed by atoms with Crippen LogP contribution in [0.2, 0.25) is 0 Å². The third-order valence-electron chi connectivity index (χ3n) is 4.01. The van der Waals surface area contributed by atoms with Crippen molar-refractivity contribution in [1.82, 2.24) is 10.2 Å². The molecule has 0 aromatic carbocycles. The van der Waals surface area contributed by atoms with Crippen molar-refractivity contribution in [3.05, 3.63) is 0 Å².